The lowest BCUT2D eigenvalue weighted by Crippen LogP contribution is -2.28. The zero-order chi connectivity index (χ0) is 11.5. The second-order valence-electron chi connectivity index (χ2n) is 4.71. The SMILES string of the molecule is CN1CCC(N)C(c2cccc(F)c2)CC1. The number of benzene rings is 1. The highest BCUT2D eigenvalue weighted by Crippen LogP contribution is 2.27. The molecule has 1 aromatic rings. The van der Waals surface area contributed by atoms with Gasteiger partial charge in [0.1, 0.15) is 5.82 Å². The van der Waals surface area contributed by atoms with Crippen LogP contribution < -0.4 is 5.73 Å². The predicted octanol–water partition coefficient (Wildman–Crippen LogP) is 1.96. The van der Waals surface area contributed by atoms with E-state index in [9.17, 15) is 4.39 Å². The van der Waals surface area contributed by atoms with Crippen LogP contribution in [0, 0.1) is 5.82 Å². The minimum Gasteiger partial charge on any atom is -0.327 e. The summed E-state index contributed by atoms with van der Waals surface area (Å²) >= 11 is 0. The summed E-state index contributed by atoms with van der Waals surface area (Å²) in [5.41, 5.74) is 7.22. The Bertz CT molecular complexity index is 354. The highest BCUT2D eigenvalue weighted by Gasteiger charge is 2.23. The molecule has 2 rings (SSSR count). The summed E-state index contributed by atoms with van der Waals surface area (Å²) in [5.74, 6) is 0.128. The molecule has 1 aliphatic rings. The molecular formula is C13H19FN2. The van der Waals surface area contributed by atoms with E-state index in [0.29, 0.717) is 5.92 Å². The third-order valence-corrected chi connectivity index (χ3v) is 3.46. The number of halogens is 1. The molecule has 0 radical (unpaired) electrons. The first-order valence-electron chi connectivity index (χ1n) is 5.86. The van der Waals surface area contributed by atoms with Crippen molar-refractivity contribution < 1.29 is 4.39 Å². The largest absolute Gasteiger partial charge is 0.327 e. The van der Waals surface area contributed by atoms with Crippen LogP contribution in [-0.4, -0.2) is 31.1 Å². The van der Waals surface area contributed by atoms with Gasteiger partial charge in [0.15, 0.2) is 0 Å². The molecule has 0 aliphatic carbocycles. The molecule has 2 atom stereocenters. The van der Waals surface area contributed by atoms with Crippen molar-refractivity contribution >= 4 is 0 Å². The molecular weight excluding hydrogens is 203 g/mol. The maximum absolute atomic E-state index is 13.2. The average Bonchev–Trinajstić information content (AvgIpc) is 2.42. The molecule has 0 amide bonds. The first-order valence-corrected chi connectivity index (χ1v) is 5.86. The lowest BCUT2D eigenvalue weighted by Gasteiger charge is -2.21. The van der Waals surface area contributed by atoms with Gasteiger partial charge in [-0.15, -0.1) is 0 Å². The van der Waals surface area contributed by atoms with Crippen molar-refractivity contribution in [2.75, 3.05) is 20.1 Å². The Balaban J connectivity index is 2.18. The van der Waals surface area contributed by atoms with Gasteiger partial charge in [-0.2, -0.15) is 0 Å². The Morgan fingerprint density at radius 3 is 2.81 bits per heavy atom. The molecule has 0 saturated carbocycles. The normalized spacial score (nSPS) is 27.7. The number of hydrogen-bond acceptors (Lipinski definition) is 2. The van der Waals surface area contributed by atoms with Crippen molar-refractivity contribution in [1.29, 1.82) is 0 Å². The van der Waals surface area contributed by atoms with Gasteiger partial charge in [0.25, 0.3) is 0 Å². The molecule has 1 saturated heterocycles. The Labute approximate surface area is 96.2 Å². The topological polar surface area (TPSA) is 29.3 Å². The first kappa shape index (κ1) is 11.6. The fourth-order valence-electron chi connectivity index (χ4n) is 2.41. The number of hydrogen-bond donors (Lipinski definition) is 1. The summed E-state index contributed by atoms with van der Waals surface area (Å²) in [6, 6.07) is 7.00. The maximum atomic E-state index is 13.2. The monoisotopic (exact) mass is 222 g/mol. The van der Waals surface area contributed by atoms with Crippen molar-refractivity contribution in [3.8, 4) is 0 Å². The lowest BCUT2D eigenvalue weighted by atomic mass is 9.88. The fourth-order valence-corrected chi connectivity index (χ4v) is 2.41. The Hall–Kier alpha value is -0.930. The molecule has 0 bridgehead atoms. The minimum absolute atomic E-state index is 0.145. The van der Waals surface area contributed by atoms with E-state index in [1.54, 1.807) is 12.1 Å². The predicted molar refractivity (Wildman–Crippen MR) is 63.8 cm³/mol. The van der Waals surface area contributed by atoms with E-state index in [1.807, 2.05) is 6.07 Å². The van der Waals surface area contributed by atoms with Crippen LogP contribution >= 0.6 is 0 Å². The Kier molecular flexibility index (Phi) is 3.56. The van der Waals surface area contributed by atoms with Crippen LogP contribution in [0.5, 0.6) is 0 Å². The smallest absolute Gasteiger partial charge is 0.123 e. The van der Waals surface area contributed by atoms with E-state index in [1.165, 1.54) is 6.07 Å². The third kappa shape index (κ3) is 2.60. The molecule has 3 heteroatoms. The van der Waals surface area contributed by atoms with Crippen LogP contribution in [0.25, 0.3) is 0 Å². The summed E-state index contributed by atoms with van der Waals surface area (Å²) in [5, 5.41) is 0. The highest BCUT2D eigenvalue weighted by atomic mass is 19.1. The Morgan fingerprint density at radius 1 is 1.31 bits per heavy atom. The number of nitrogens with two attached hydrogens (primary N) is 1. The van der Waals surface area contributed by atoms with Crippen molar-refractivity contribution in [2.24, 2.45) is 5.73 Å². The quantitative estimate of drug-likeness (QED) is 0.787. The zero-order valence-corrected chi connectivity index (χ0v) is 9.70. The first-order chi connectivity index (χ1) is 7.66. The summed E-state index contributed by atoms with van der Waals surface area (Å²) in [6.07, 6.45) is 2.00. The van der Waals surface area contributed by atoms with Gasteiger partial charge in [0, 0.05) is 12.0 Å². The number of likely N-dealkylation sites (tertiary alicyclic amines) is 1. The fraction of sp³-hybridized carbons (Fsp3) is 0.538. The van der Waals surface area contributed by atoms with E-state index >= 15 is 0 Å². The molecule has 88 valence electrons. The maximum Gasteiger partial charge on any atom is 0.123 e. The van der Waals surface area contributed by atoms with E-state index < -0.39 is 0 Å². The zero-order valence-electron chi connectivity index (χ0n) is 9.70. The second kappa shape index (κ2) is 4.93. The molecule has 2 unspecified atom stereocenters. The van der Waals surface area contributed by atoms with Crippen LogP contribution in [-0.2, 0) is 0 Å². The molecule has 2 nitrogen and oxygen atoms in total. The molecule has 1 fully saturated rings. The molecule has 1 aliphatic heterocycles. The van der Waals surface area contributed by atoms with Crippen LogP contribution in [0.2, 0.25) is 0 Å². The van der Waals surface area contributed by atoms with E-state index in [4.69, 9.17) is 5.73 Å². The van der Waals surface area contributed by atoms with Crippen LogP contribution in [0.3, 0.4) is 0 Å². The van der Waals surface area contributed by atoms with Gasteiger partial charge in [-0.1, -0.05) is 12.1 Å². The van der Waals surface area contributed by atoms with Gasteiger partial charge < -0.3 is 10.6 Å². The molecule has 16 heavy (non-hydrogen) atoms. The van der Waals surface area contributed by atoms with Crippen LogP contribution in [0.1, 0.15) is 24.3 Å². The van der Waals surface area contributed by atoms with Gasteiger partial charge >= 0.3 is 0 Å². The van der Waals surface area contributed by atoms with Crippen molar-refractivity contribution in [3.63, 3.8) is 0 Å². The third-order valence-electron chi connectivity index (χ3n) is 3.46. The summed E-state index contributed by atoms with van der Waals surface area (Å²) in [7, 11) is 2.11. The van der Waals surface area contributed by atoms with E-state index in [2.05, 4.69) is 11.9 Å². The minimum atomic E-state index is -0.165. The van der Waals surface area contributed by atoms with Gasteiger partial charge in [0.05, 0.1) is 0 Å². The van der Waals surface area contributed by atoms with Gasteiger partial charge in [-0.3, -0.25) is 0 Å². The van der Waals surface area contributed by atoms with Crippen LogP contribution in [0.15, 0.2) is 24.3 Å². The molecule has 2 N–H and O–H groups in total. The van der Waals surface area contributed by atoms with Crippen LogP contribution in [0.4, 0.5) is 4.39 Å². The van der Waals surface area contributed by atoms with Gasteiger partial charge in [0.2, 0.25) is 0 Å². The molecule has 0 aromatic heterocycles. The van der Waals surface area contributed by atoms with E-state index in [0.717, 1.165) is 31.5 Å². The molecule has 1 aromatic carbocycles. The molecule has 1 heterocycles. The summed E-state index contributed by atoms with van der Waals surface area (Å²) in [6.45, 7) is 2.07. The Morgan fingerprint density at radius 2 is 2.06 bits per heavy atom. The van der Waals surface area contributed by atoms with Crippen molar-refractivity contribution in [1.82, 2.24) is 4.90 Å². The average molecular weight is 222 g/mol. The van der Waals surface area contributed by atoms with Gasteiger partial charge in [-0.25, -0.2) is 4.39 Å². The van der Waals surface area contributed by atoms with Crippen molar-refractivity contribution in [2.45, 2.75) is 24.8 Å². The summed E-state index contributed by atoms with van der Waals surface area (Å²) in [4.78, 5) is 2.29. The number of rotatable bonds is 1. The van der Waals surface area contributed by atoms with Gasteiger partial charge in [-0.05, 0) is 50.7 Å². The molecule has 0 spiro atoms. The van der Waals surface area contributed by atoms with Crippen molar-refractivity contribution in [3.05, 3.63) is 35.6 Å². The van der Waals surface area contributed by atoms with E-state index in [-0.39, 0.29) is 11.9 Å². The highest BCUT2D eigenvalue weighted by molar-refractivity contribution is 5.22. The standard InChI is InChI=1S/C13H19FN2/c1-16-7-5-12(13(15)6-8-16)10-3-2-4-11(14)9-10/h2-4,9,12-13H,5-8,15H2,1H3. The lowest BCUT2D eigenvalue weighted by molar-refractivity contribution is 0.346. The number of nitrogens with zero attached hydrogens (tertiary/aromatic N) is 1. The second-order valence-corrected chi connectivity index (χ2v) is 4.71. The summed E-state index contributed by atoms with van der Waals surface area (Å²) < 4.78 is 13.2.